The van der Waals surface area contributed by atoms with Crippen LogP contribution in [-0.2, 0) is 32.6 Å². The van der Waals surface area contributed by atoms with Crippen LogP contribution in [0, 0.1) is 0 Å². The number of fused-ring (bicyclic) bond motifs is 3. The van der Waals surface area contributed by atoms with Gasteiger partial charge in [-0.25, -0.2) is 0 Å². The molecular formula is C28H33ClN6. The molecule has 1 aliphatic heterocycles. The Balaban J connectivity index is 1.11. The van der Waals surface area contributed by atoms with Gasteiger partial charge in [-0.2, -0.15) is 0 Å². The van der Waals surface area contributed by atoms with E-state index >= 15 is 0 Å². The first-order valence-corrected chi connectivity index (χ1v) is 12.7. The first-order chi connectivity index (χ1) is 17.2. The minimum absolute atomic E-state index is 0.541. The minimum Gasteiger partial charge on any atom is -0.357 e. The van der Waals surface area contributed by atoms with E-state index in [1.54, 1.807) is 0 Å². The number of halogens is 1. The number of rotatable bonds is 10. The molecule has 2 aromatic carbocycles. The second-order valence-corrected chi connectivity index (χ2v) is 9.72. The molecule has 1 aliphatic rings. The first-order valence-electron chi connectivity index (χ1n) is 12.3. The highest BCUT2D eigenvalue weighted by molar-refractivity contribution is 6.31. The molecule has 0 saturated carbocycles. The Kier molecular flexibility index (Phi) is 7.76. The van der Waals surface area contributed by atoms with Crippen molar-refractivity contribution in [1.29, 1.82) is 0 Å². The molecule has 0 unspecified atom stereocenters. The Morgan fingerprint density at radius 1 is 1.09 bits per heavy atom. The summed E-state index contributed by atoms with van der Waals surface area (Å²) in [5, 5.41) is 5.52. The summed E-state index contributed by atoms with van der Waals surface area (Å²) < 4.78 is 0. The lowest BCUT2D eigenvalue weighted by Gasteiger charge is -2.27. The summed E-state index contributed by atoms with van der Waals surface area (Å²) in [6.07, 6.45) is 2.88. The molecule has 0 bridgehead atoms. The third-order valence-electron chi connectivity index (χ3n) is 6.75. The zero-order valence-electron chi connectivity index (χ0n) is 20.0. The molecule has 0 atom stereocenters. The van der Waals surface area contributed by atoms with Crippen molar-refractivity contribution in [2.75, 3.05) is 26.3 Å². The highest BCUT2D eigenvalue weighted by Crippen LogP contribution is 2.30. The average Bonchev–Trinajstić information content (AvgIpc) is 3.24. The van der Waals surface area contributed by atoms with Crippen LogP contribution < -0.4 is 11.1 Å². The molecule has 0 radical (unpaired) electrons. The molecule has 2 aromatic heterocycles. The fourth-order valence-corrected chi connectivity index (χ4v) is 5.03. The summed E-state index contributed by atoms with van der Waals surface area (Å²) in [5.41, 5.74) is 13.6. The third kappa shape index (κ3) is 6.10. The number of hydrogen-bond donors (Lipinski definition) is 3. The van der Waals surface area contributed by atoms with Gasteiger partial charge in [-0.3, -0.25) is 14.8 Å². The summed E-state index contributed by atoms with van der Waals surface area (Å²) >= 11 is 6.22. The van der Waals surface area contributed by atoms with Gasteiger partial charge in [-0.05, 0) is 53.4 Å². The first kappa shape index (κ1) is 24.0. The molecule has 0 amide bonds. The van der Waals surface area contributed by atoms with E-state index < -0.39 is 0 Å². The Morgan fingerprint density at radius 3 is 2.74 bits per heavy atom. The molecule has 0 spiro atoms. The number of aromatic amines is 1. The maximum absolute atomic E-state index is 6.22. The lowest BCUT2D eigenvalue weighted by atomic mass is 10.0. The highest BCUT2D eigenvalue weighted by Gasteiger charge is 2.20. The van der Waals surface area contributed by atoms with E-state index in [0.717, 1.165) is 63.0 Å². The van der Waals surface area contributed by atoms with Gasteiger partial charge in [0.1, 0.15) is 0 Å². The Labute approximate surface area is 212 Å². The normalized spacial score (nSPS) is 14.0. The molecule has 0 saturated heterocycles. The largest absolute Gasteiger partial charge is 0.357 e. The molecular weight excluding hydrogens is 456 g/mol. The zero-order chi connectivity index (χ0) is 24.0. The molecule has 0 aliphatic carbocycles. The third-order valence-corrected chi connectivity index (χ3v) is 6.98. The maximum Gasteiger partial charge on any atom is 0.0541 e. The molecule has 7 heteroatoms. The summed E-state index contributed by atoms with van der Waals surface area (Å²) in [6.45, 7) is 6.90. The number of H-pyrrole nitrogens is 1. The van der Waals surface area contributed by atoms with Gasteiger partial charge in [0.25, 0.3) is 0 Å². The van der Waals surface area contributed by atoms with Crippen LogP contribution >= 0.6 is 11.6 Å². The van der Waals surface area contributed by atoms with Crippen molar-refractivity contribution in [3.8, 4) is 0 Å². The second-order valence-electron chi connectivity index (χ2n) is 9.28. The van der Waals surface area contributed by atoms with Gasteiger partial charge >= 0.3 is 0 Å². The lowest BCUT2D eigenvalue weighted by molar-refractivity contribution is 0.243. The molecule has 4 aromatic rings. The predicted octanol–water partition coefficient (Wildman–Crippen LogP) is 4.28. The zero-order valence-corrected chi connectivity index (χ0v) is 20.8. The minimum atomic E-state index is 0.541. The molecule has 4 N–H and O–H groups in total. The Hall–Kier alpha value is -2.74. The van der Waals surface area contributed by atoms with E-state index in [0.29, 0.717) is 6.67 Å². The van der Waals surface area contributed by atoms with Crippen LogP contribution in [0.2, 0.25) is 5.02 Å². The number of aromatic nitrogens is 2. The van der Waals surface area contributed by atoms with Crippen molar-refractivity contribution in [2.24, 2.45) is 5.73 Å². The summed E-state index contributed by atoms with van der Waals surface area (Å²) in [7, 11) is 0. The number of nitrogens with zero attached hydrogens (tertiary/aromatic N) is 3. The van der Waals surface area contributed by atoms with Crippen LogP contribution in [0.1, 0.15) is 28.1 Å². The number of nitrogens with two attached hydrogens (primary N) is 1. The van der Waals surface area contributed by atoms with Crippen LogP contribution in [0.5, 0.6) is 0 Å². The van der Waals surface area contributed by atoms with Gasteiger partial charge in [0, 0.05) is 80.3 Å². The van der Waals surface area contributed by atoms with E-state index in [-0.39, 0.29) is 0 Å². The van der Waals surface area contributed by atoms with Crippen molar-refractivity contribution in [3.63, 3.8) is 0 Å². The van der Waals surface area contributed by atoms with Gasteiger partial charge in [0.2, 0.25) is 0 Å². The van der Waals surface area contributed by atoms with Crippen LogP contribution in [0.25, 0.3) is 10.9 Å². The van der Waals surface area contributed by atoms with Gasteiger partial charge in [-0.1, -0.05) is 41.9 Å². The van der Waals surface area contributed by atoms with E-state index in [4.69, 9.17) is 17.3 Å². The lowest BCUT2D eigenvalue weighted by Crippen LogP contribution is -2.35. The fourth-order valence-electron chi connectivity index (χ4n) is 4.86. The van der Waals surface area contributed by atoms with Gasteiger partial charge in [0.15, 0.2) is 0 Å². The standard InChI is InChI=1S/C28H33ClN6/c29-23-8-9-27-26(15-23)25-10-13-34(19-28(25)33-27)17-21-4-6-22(7-5-21)18-35(20-30)14-12-31-16-24-3-1-2-11-32-24/h1-9,11,15,31,33H,10,12-14,16-20,30H2. The monoisotopic (exact) mass is 488 g/mol. The van der Waals surface area contributed by atoms with E-state index in [9.17, 15) is 0 Å². The SMILES string of the molecule is NCN(CCNCc1ccccn1)Cc1ccc(CN2CCc3c([nH]c4ccc(Cl)cc34)C2)cc1. The van der Waals surface area contributed by atoms with Crippen LogP contribution in [-0.4, -0.2) is 46.1 Å². The molecule has 6 nitrogen and oxygen atoms in total. The number of hydrogen-bond acceptors (Lipinski definition) is 5. The molecule has 5 rings (SSSR count). The summed E-state index contributed by atoms with van der Waals surface area (Å²) in [6, 6.07) is 21.1. The molecule has 3 heterocycles. The van der Waals surface area contributed by atoms with E-state index in [1.165, 1.54) is 33.3 Å². The molecule has 182 valence electrons. The van der Waals surface area contributed by atoms with Crippen molar-refractivity contribution in [1.82, 2.24) is 25.1 Å². The topological polar surface area (TPSA) is 73.2 Å². The summed E-state index contributed by atoms with van der Waals surface area (Å²) in [5.74, 6) is 0. The van der Waals surface area contributed by atoms with Crippen molar-refractivity contribution >= 4 is 22.5 Å². The van der Waals surface area contributed by atoms with Crippen LogP contribution in [0.3, 0.4) is 0 Å². The number of pyridine rings is 1. The number of nitrogens with one attached hydrogen (secondary N) is 2. The van der Waals surface area contributed by atoms with Gasteiger partial charge in [0.05, 0.1) is 5.69 Å². The average molecular weight is 489 g/mol. The van der Waals surface area contributed by atoms with Gasteiger partial charge in [-0.15, -0.1) is 0 Å². The maximum atomic E-state index is 6.22. The van der Waals surface area contributed by atoms with Crippen molar-refractivity contribution in [3.05, 3.63) is 100.0 Å². The molecule has 35 heavy (non-hydrogen) atoms. The van der Waals surface area contributed by atoms with Crippen molar-refractivity contribution in [2.45, 2.75) is 32.6 Å². The van der Waals surface area contributed by atoms with Crippen molar-refractivity contribution < 1.29 is 0 Å². The van der Waals surface area contributed by atoms with Crippen LogP contribution in [0.4, 0.5) is 0 Å². The fraction of sp³-hybridized carbons (Fsp3) is 0.321. The summed E-state index contributed by atoms with van der Waals surface area (Å²) in [4.78, 5) is 12.7. The van der Waals surface area contributed by atoms with E-state index in [1.807, 2.05) is 30.5 Å². The van der Waals surface area contributed by atoms with E-state index in [2.05, 4.69) is 61.5 Å². The van der Waals surface area contributed by atoms with Crippen LogP contribution in [0.15, 0.2) is 66.9 Å². The molecule has 0 fully saturated rings. The quantitative estimate of drug-likeness (QED) is 0.229. The smallest absolute Gasteiger partial charge is 0.0541 e. The Morgan fingerprint density at radius 2 is 1.94 bits per heavy atom. The predicted molar refractivity (Wildman–Crippen MR) is 143 cm³/mol. The highest BCUT2D eigenvalue weighted by atomic mass is 35.5. The Bertz CT molecular complexity index is 1240. The second kappa shape index (κ2) is 11.3. The number of benzene rings is 2. The van der Waals surface area contributed by atoms with Gasteiger partial charge < -0.3 is 16.0 Å².